The highest BCUT2D eigenvalue weighted by Gasteiger charge is 2.12. The van der Waals surface area contributed by atoms with E-state index >= 15 is 0 Å². The average molecular weight is 243 g/mol. The topological polar surface area (TPSA) is 30.5 Å². The fourth-order valence-corrected chi connectivity index (χ4v) is 2.29. The smallest absolute Gasteiger partial charge is 0.0703 e. The van der Waals surface area contributed by atoms with Crippen LogP contribution in [0.15, 0.2) is 0 Å². The Labute approximate surface area is 106 Å². The predicted molar refractivity (Wildman–Crippen MR) is 71.4 cm³/mol. The molecule has 1 fully saturated rings. The van der Waals surface area contributed by atoms with Crippen molar-refractivity contribution < 1.29 is 9.47 Å². The van der Waals surface area contributed by atoms with E-state index in [9.17, 15) is 0 Å². The molecule has 0 aromatic rings. The molecule has 0 unspecified atom stereocenters. The molecule has 0 bridgehead atoms. The number of nitrogens with one attached hydrogen (secondary N) is 1. The van der Waals surface area contributed by atoms with E-state index in [1.807, 2.05) is 13.8 Å². The number of hydrogen-bond acceptors (Lipinski definition) is 3. The molecule has 1 aliphatic rings. The Bertz CT molecular complexity index is 168. The molecule has 102 valence electrons. The zero-order chi connectivity index (χ0) is 12.3. The highest BCUT2D eigenvalue weighted by atomic mass is 16.5. The summed E-state index contributed by atoms with van der Waals surface area (Å²) in [5.41, 5.74) is 0. The molecule has 3 nitrogen and oxygen atoms in total. The van der Waals surface area contributed by atoms with Gasteiger partial charge in [0.25, 0.3) is 0 Å². The molecule has 3 heteroatoms. The summed E-state index contributed by atoms with van der Waals surface area (Å²) in [6, 6.07) is 0. The SMILES string of the molecule is CC(C)OCCOCCNCC1CCCCC1. The van der Waals surface area contributed by atoms with Crippen LogP contribution in [-0.4, -0.2) is 39.0 Å². The van der Waals surface area contributed by atoms with Crippen LogP contribution in [0.3, 0.4) is 0 Å². The molecule has 0 spiro atoms. The van der Waals surface area contributed by atoms with Gasteiger partial charge in [0.05, 0.1) is 25.9 Å². The highest BCUT2D eigenvalue weighted by molar-refractivity contribution is 4.67. The van der Waals surface area contributed by atoms with E-state index < -0.39 is 0 Å². The second-order valence-corrected chi connectivity index (χ2v) is 5.24. The fraction of sp³-hybridized carbons (Fsp3) is 1.00. The third kappa shape index (κ3) is 8.58. The molecule has 1 saturated carbocycles. The third-order valence-corrected chi connectivity index (χ3v) is 3.26. The molecular weight excluding hydrogens is 214 g/mol. The van der Waals surface area contributed by atoms with Crippen molar-refractivity contribution in [2.75, 3.05) is 32.9 Å². The van der Waals surface area contributed by atoms with E-state index in [-0.39, 0.29) is 0 Å². The van der Waals surface area contributed by atoms with E-state index in [2.05, 4.69) is 5.32 Å². The second kappa shape index (κ2) is 9.86. The zero-order valence-electron chi connectivity index (χ0n) is 11.5. The Morgan fingerprint density at radius 2 is 1.82 bits per heavy atom. The number of hydrogen-bond donors (Lipinski definition) is 1. The van der Waals surface area contributed by atoms with Crippen molar-refractivity contribution in [3.05, 3.63) is 0 Å². The lowest BCUT2D eigenvalue weighted by Gasteiger charge is -2.21. The first-order valence-corrected chi connectivity index (χ1v) is 7.19. The molecule has 0 aromatic carbocycles. The molecular formula is C14H29NO2. The van der Waals surface area contributed by atoms with Crippen LogP contribution < -0.4 is 5.32 Å². The maximum absolute atomic E-state index is 5.49. The van der Waals surface area contributed by atoms with Gasteiger partial charge in [-0.05, 0) is 39.2 Å². The van der Waals surface area contributed by atoms with Gasteiger partial charge in [-0.25, -0.2) is 0 Å². The van der Waals surface area contributed by atoms with Crippen molar-refractivity contribution in [1.82, 2.24) is 5.32 Å². The molecule has 0 amide bonds. The molecule has 0 aromatic heterocycles. The van der Waals surface area contributed by atoms with Crippen molar-refractivity contribution in [3.63, 3.8) is 0 Å². The van der Waals surface area contributed by atoms with Gasteiger partial charge in [-0.2, -0.15) is 0 Å². The van der Waals surface area contributed by atoms with Crippen LogP contribution >= 0.6 is 0 Å². The predicted octanol–water partition coefficient (Wildman–Crippen LogP) is 2.60. The van der Waals surface area contributed by atoms with Gasteiger partial charge < -0.3 is 14.8 Å². The summed E-state index contributed by atoms with van der Waals surface area (Å²) in [5.74, 6) is 0.910. The molecule has 1 rings (SSSR count). The Kier molecular flexibility index (Phi) is 8.67. The Hall–Kier alpha value is -0.120. The van der Waals surface area contributed by atoms with E-state index in [1.165, 1.54) is 38.6 Å². The quantitative estimate of drug-likeness (QED) is 0.631. The summed E-state index contributed by atoms with van der Waals surface area (Å²) in [6.45, 7) is 8.46. The van der Waals surface area contributed by atoms with Gasteiger partial charge in [0.2, 0.25) is 0 Å². The number of rotatable bonds is 9. The lowest BCUT2D eigenvalue weighted by atomic mass is 9.89. The molecule has 0 saturated heterocycles. The Morgan fingerprint density at radius 1 is 1.06 bits per heavy atom. The fourth-order valence-electron chi connectivity index (χ4n) is 2.29. The minimum Gasteiger partial charge on any atom is -0.378 e. The van der Waals surface area contributed by atoms with Crippen LogP contribution in [0.1, 0.15) is 46.0 Å². The Balaban J connectivity index is 1.78. The highest BCUT2D eigenvalue weighted by Crippen LogP contribution is 2.22. The molecule has 0 heterocycles. The van der Waals surface area contributed by atoms with Crippen molar-refractivity contribution in [2.24, 2.45) is 5.92 Å². The summed E-state index contributed by atoms with van der Waals surface area (Å²) in [4.78, 5) is 0. The van der Waals surface area contributed by atoms with Crippen LogP contribution in [0.25, 0.3) is 0 Å². The second-order valence-electron chi connectivity index (χ2n) is 5.24. The van der Waals surface area contributed by atoms with E-state index in [0.29, 0.717) is 19.3 Å². The largest absolute Gasteiger partial charge is 0.378 e. The van der Waals surface area contributed by atoms with E-state index in [4.69, 9.17) is 9.47 Å². The first-order chi connectivity index (χ1) is 8.29. The van der Waals surface area contributed by atoms with Gasteiger partial charge in [0.15, 0.2) is 0 Å². The first-order valence-electron chi connectivity index (χ1n) is 7.19. The molecule has 0 radical (unpaired) electrons. The van der Waals surface area contributed by atoms with Crippen molar-refractivity contribution >= 4 is 0 Å². The zero-order valence-corrected chi connectivity index (χ0v) is 11.5. The van der Waals surface area contributed by atoms with E-state index in [0.717, 1.165) is 19.1 Å². The van der Waals surface area contributed by atoms with Crippen LogP contribution in [0.2, 0.25) is 0 Å². The maximum atomic E-state index is 5.49. The molecule has 1 N–H and O–H groups in total. The standard InChI is InChI=1S/C14H29NO2/c1-13(2)17-11-10-16-9-8-15-12-14-6-4-3-5-7-14/h13-15H,3-12H2,1-2H3. The van der Waals surface area contributed by atoms with E-state index in [1.54, 1.807) is 0 Å². The monoisotopic (exact) mass is 243 g/mol. The summed E-state index contributed by atoms with van der Waals surface area (Å²) in [7, 11) is 0. The lowest BCUT2D eigenvalue weighted by Crippen LogP contribution is -2.27. The van der Waals surface area contributed by atoms with Crippen molar-refractivity contribution in [3.8, 4) is 0 Å². The van der Waals surface area contributed by atoms with Crippen LogP contribution in [-0.2, 0) is 9.47 Å². The van der Waals surface area contributed by atoms with Crippen LogP contribution in [0.4, 0.5) is 0 Å². The maximum Gasteiger partial charge on any atom is 0.0703 e. The Morgan fingerprint density at radius 3 is 2.53 bits per heavy atom. The average Bonchev–Trinajstić information content (AvgIpc) is 2.33. The summed E-state index contributed by atoms with van der Waals surface area (Å²) in [6.07, 6.45) is 7.43. The van der Waals surface area contributed by atoms with Crippen molar-refractivity contribution in [2.45, 2.75) is 52.1 Å². The van der Waals surface area contributed by atoms with Gasteiger partial charge >= 0.3 is 0 Å². The van der Waals surface area contributed by atoms with Gasteiger partial charge in [0, 0.05) is 6.54 Å². The van der Waals surface area contributed by atoms with Crippen molar-refractivity contribution in [1.29, 1.82) is 0 Å². The molecule has 17 heavy (non-hydrogen) atoms. The number of ether oxygens (including phenoxy) is 2. The summed E-state index contributed by atoms with van der Waals surface area (Å²) in [5, 5.41) is 3.49. The van der Waals surface area contributed by atoms with Gasteiger partial charge in [-0.3, -0.25) is 0 Å². The third-order valence-electron chi connectivity index (χ3n) is 3.26. The molecule has 0 atom stereocenters. The van der Waals surface area contributed by atoms with Gasteiger partial charge in [-0.15, -0.1) is 0 Å². The lowest BCUT2D eigenvalue weighted by molar-refractivity contribution is 0.0202. The summed E-state index contributed by atoms with van der Waals surface area (Å²) < 4.78 is 10.9. The van der Waals surface area contributed by atoms with Crippen LogP contribution in [0, 0.1) is 5.92 Å². The van der Waals surface area contributed by atoms with Gasteiger partial charge in [0.1, 0.15) is 0 Å². The molecule has 1 aliphatic carbocycles. The normalized spacial score (nSPS) is 17.8. The minimum atomic E-state index is 0.308. The summed E-state index contributed by atoms with van der Waals surface area (Å²) >= 11 is 0. The van der Waals surface area contributed by atoms with Crippen LogP contribution in [0.5, 0.6) is 0 Å². The van der Waals surface area contributed by atoms with Gasteiger partial charge in [-0.1, -0.05) is 19.3 Å². The minimum absolute atomic E-state index is 0.308. The molecule has 0 aliphatic heterocycles. The first kappa shape index (κ1) is 14.9.